The summed E-state index contributed by atoms with van der Waals surface area (Å²) in [6, 6.07) is 15.4. The predicted molar refractivity (Wildman–Crippen MR) is 103 cm³/mol. The Labute approximate surface area is 156 Å². The van der Waals surface area contributed by atoms with Crippen LogP contribution >= 0.6 is 15.9 Å². The van der Waals surface area contributed by atoms with Gasteiger partial charge < -0.3 is 10.6 Å². The van der Waals surface area contributed by atoms with Crippen LogP contribution in [0.3, 0.4) is 0 Å². The normalized spacial score (nSPS) is 10.6. The number of hydrogen-bond acceptors (Lipinski definition) is 3. The second-order valence-electron chi connectivity index (χ2n) is 5.94. The van der Waals surface area contributed by atoms with E-state index in [4.69, 9.17) is 0 Å². The van der Waals surface area contributed by atoms with Crippen LogP contribution in [0.2, 0.25) is 0 Å². The van der Waals surface area contributed by atoms with Gasteiger partial charge in [0.15, 0.2) is 0 Å². The third kappa shape index (κ3) is 6.68. The van der Waals surface area contributed by atoms with Gasteiger partial charge in [0.25, 0.3) is 0 Å². The van der Waals surface area contributed by atoms with Crippen molar-refractivity contribution in [1.29, 1.82) is 0 Å². The molecule has 0 saturated heterocycles. The fraction of sp³-hybridized carbons (Fsp3) is 0.263. The average Bonchev–Trinajstić information content (AvgIpc) is 2.56. The van der Waals surface area contributed by atoms with Gasteiger partial charge in [-0.2, -0.15) is 0 Å². The van der Waals surface area contributed by atoms with Crippen LogP contribution in [-0.4, -0.2) is 36.9 Å². The molecule has 0 aliphatic carbocycles. The minimum absolute atomic E-state index is 0.112. The largest absolute Gasteiger partial charge is 0.351 e. The highest BCUT2D eigenvalue weighted by Gasteiger charge is 2.11. The Kier molecular flexibility index (Phi) is 7.16. The summed E-state index contributed by atoms with van der Waals surface area (Å²) in [6.45, 7) is 2.73. The summed E-state index contributed by atoms with van der Waals surface area (Å²) in [5, 5.41) is 5.72. The van der Waals surface area contributed by atoms with E-state index in [0.29, 0.717) is 6.54 Å². The number of hydrogen-bond donors (Lipinski definition) is 2. The third-order valence-electron chi connectivity index (χ3n) is 3.62. The fourth-order valence-electron chi connectivity index (χ4n) is 2.36. The second kappa shape index (κ2) is 9.34. The van der Waals surface area contributed by atoms with E-state index in [1.807, 2.05) is 55.5 Å². The summed E-state index contributed by atoms with van der Waals surface area (Å²) in [4.78, 5) is 25.8. The smallest absolute Gasteiger partial charge is 0.238 e. The van der Waals surface area contributed by atoms with Gasteiger partial charge in [-0.15, -0.1) is 0 Å². The maximum absolute atomic E-state index is 12.1. The molecule has 132 valence electrons. The maximum Gasteiger partial charge on any atom is 0.238 e. The van der Waals surface area contributed by atoms with Crippen molar-refractivity contribution in [1.82, 2.24) is 10.2 Å². The molecular formula is C19H22BrN3O2. The van der Waals surface area contributed by atoms with Gasteiger partial charge in [0.1, 0.15) is 0 Å². The summed E-state index contributed by atoms with van der Waals surface area (Å²) in [7, 11) is 1.75. The minimum Gasteiger partial charge on any atom is -0.351 e. The molecule has 25 heavy (non-hydrogen) atoms. The highest BCUT2D eigenvalue weighted by molar-refractivity contribution is 9.10. The standard InChI is InChI=1S/C19H22BrN3O2/c1-14-10-16(20)8-9-17(14)22-19(25)13-23(2)12-18(24)21-11-15-6-4-3-5-7-15/h3-10H,11-13H2,1-2H3,(H,21,24)(H,22,25). The molecule has 0 radical (unpaired) electrons. The van der Waals surface area contributed by atoms with E-state index in [0.717, 1.165) is 21.3 Å². The number of halogens is 1. The summed E-state index contributed by atoms with van der Waals surface area (Å²) in [5.41, 5.74) is 2.79. The Morgan fingerprint density at radius 1 is 1.04 bits per heavy atom. The SMILES string of the molecule is Cc1cc(Br)ccc1NC(=O)CN(C)CC(=O)NCc1ccccc1. The van der Waals surface area contributed by atoms with Crippen LogP contribution in [-0.2, 0) is 16.1 Å². The molecule has 2 aromatic carbocycles. The highest BCUT2D eigenvalue weighted by Crippen LogP contribution is 2.19. The van der Waals surface area contributed by atoms with Crippen molar-refractivity contribution < 1.29 is 9.59 Å². The van der Waals surface area contributed by atoms with E-state index in [1.165, 1.54) is 0 Å². The lowest BCUT2D eigenvalue weighted by Gasteiger charge is -2.16. The number of rotatable bonds is 7. The van der Waals surface area contributed by atoms with E-state index >= 15 is 0 Å². The molecule has 2 N–H and O–H groups in total. The van der Waals surface area contributed by atoms with Gasteiger partial charge in [-0.1, -0.05) is 46.3 Å². The number of nitrogens with zero attached hydrogens (tertiary/aromatic N) is 1. The van der Waals surface area contributed by atoms with E-state index in [1.54, 1.807) is 11.9 Å². The maximum atomic E-state index is 12.1. The van der Waals surface area contributed by atoms with Crippen LogP contribution in [0.5, 0.6) is 0 Å². The summed E-state index contributed by atoms with van der Waals surface area (Å²) >= 11 is 3.40. The number of nitrogens with one attached hydrogen (secondary N) is 2. The van der Waals surface area contributed by atoms with Gasteiger partial charge in [-0.3, -0.25) is 14.5 Å². The van der Waals surface area contributed by atoms with Gasteiger partial charge in [-0.25, -0.2) is 0 Å². The number of likely N-dealkylation sites (N-methyl/N-ethyl adjacent to an activating group) is 1. The molecule has 0 aliphatic heterocycles. The Morgan fingerprint density at radius 2 is 1.72 bits per heavy atom. The zero-order valence-corrected chi connectivity index (χ0v) is 16.0. The number of carbonyl (C=O) groups is 2. The Hall–Kier alpha value is -2.18. The first-order chi connectivity index (χ1) is 11.9. The van der Waals surface area contributed by atoms with Gasteiger partial charge in [0.05, 0.1) is 13.1 Å². The molecule has 0 bridgehead atoms. The number of carbonyl (C=O) groups excluding carboxylic acids is 2. The lowest BCUT2D eigenvalue weighted by molar-refractivity contribution is -0.123. The van der Waals surface area contributed by atoms with Gasteiger partial charge >= 0.3 is 0 Å². The van der Waals surface area contributed by atoms with Gasteiger partial charge in [0.2, 0.25) is 11.8 Å². The summed E-state index contributed by atoms with van der Waals surface area (Å²) in [6.07, 6.45) is 0. The monoisotopic (exact) mass is 403 g/mol. The molecule has 2 amide bonds. The van der Waals surface area contributed by atoms with Crippen molar-refractivity contribution >= 4 is 33.4 Å². The van der Waals surface area contributed by atoms with Crippen LogP contribution < -0.4 is 10.6 Å². The average molecular weight is 404 g/mol. The van der Waals surface area contributed by atoms with Crippen LogP contribution in [0, 0.1) is 6.92 Å². The summed E-state index contributed by atoms with van der Waals surface area (Å²) < 4.78 is 0.968. The van der Waals surface area contributed by atoms with Crippen molar-refractivity contribution in [2.45, 2.75) is 13.5 Å². The summed E-state index contributed by atoms with van der Waals surface area (Å²) in [5.74, 6) is -0.261. The van der Waals surface area contributed by atoms with Crippen LogP contribution in [0.25, 0.3) is 0 Å². The van der Waals surface area contributed by atoms with Crippen LogP contribution in [0.4, 0.5) is 5.69 Å². The van der Waals surface area contributed by atoms with E-state index in [2.05, 4.69) is 26.6 Å². The predicted octanol–water partition coefficient (Wildman–Crippen LogP) is 2.94. The lowest BCUT2D eigenvalue weighted by atomic mass is 10.2. The first kappa shape index (κ1) is 19.1. The van der Waals surface area contributed by atoms with Crippen molar-refractivity contribution in [2.24, 2.45) is 0 Å². The molecule has 6 heteroatoms. The second-order valence-corrected chi connectivity index (χ2v) is 6.86. The zero-order chi connectivity index (χ0) is 18.2. The molecule has 0 unspecified atom stereocenters. The molecule has 5 nitrogen and oxygen atoms in total. The molecule has 0 atom stereocenters. The molecule has 2 rings (SSSR count). The van der Waals surface area contributed by atoms with Crippen molar-refractivity contribution in [3.8, 4) is 0 Å². The molecule has 0 heterocycles. The van der Waals surface area contributed by atoms with E-state index in [-0.39, 0.29) is 24.9 Å². The Bertz CT molecular complexity index is 735. The van der Waals surface area contributed by atoms with Gasteiger partial charge in [0, 0.05) is 16.7 Å². The topological polar surface area (TPSA) is 61.4 Å². The van der Waals surface area contributed by atoms with E-state index in [9.17, 15) is 9.59 Å². The Morgan fingerprint density at radius 3 is 2.40 bits per heavy atom. The number of anilines is 1. The molecule has 0 saturated carbocycles. The number of benzene rings is 2. The molecular weight excluding hydrogens is 382 g/mol. The third-order valence-corrected chi connectivity index (χ3v) is 4.12. The lowest BCUT2D eigenvalue weighted by Crippen LogP contribution is -2.38. The van der Waals surface area contributed by atoms with Crippen molar-refractivity contribution in [2.75, 3.05) is 25.5 Å². The van der Waals surface area contributed by atoms with Crippen molar-refractivity contribution in [3.63, 3.8) is 0 Å². The fourth-order valence-corrected chi connectivity index (χ4v) is 2.83. The molecule has 2 aromatic rings. The molecule has 0 spiro atoms. The number of aryl methyl sites for hydroxylation is 1. The molecule has 0 aromatic heterocycles. The minimum atomic E-state index is -0.149. The number of amides is 2. The van der Waals surface area contributed by atoms with Crippen LogP contribution in [0.15, 0.2) is 53.0 Å². The highest BCUT2D eigenvalue weighted by atomic mass is 79.9. The first-order valence-electron chi connectivity index (χ1n) is 7.99. The van der Waals surface area contributed by atoms with Crippen molar-refractivity contribution in [3.05, 3.63) is 64.1 Å². The van der Waals surface area contributed by atoms with Crippen LogP contribution in [0.1, 0.15) is 11.1 Å². The Balaban J connectivity index is 1.76. The zero-order valence-electron chi connectivity index (χ0n) is 14.4. The first-order valence-corrected chi connectivity index (χ1v) is 8.78. The van der Waals surface area contributed by atoms with E-state index < -0.39 is 0 Å². The quantitative estimate of drug-likeness (QED) is 0.746. The molecule has 0 fully saturated rings. The van der Waals surface area contributed by atoms with Gasteiger partial charge in [-0.05, 0) is 43.3 Å². The molecule has 0 aliphatic rings.